The van der Waals surface area contributed by atoms with E-state index in [1.165, 1.54) is 37.7 Å². The monoisotopic (exact) mass is 347 g/mol. The Hall–Kier alpha value is -2.78. The van der Waals surface area contributed by atoms with E-state index in [0.717, 1.165) is 17.5 Å². The molecule has 0 heterocycles. The number of nitriles is 1. The average molecular weight is 347 g/mol. The van der Waals surface area contributed by atoms with Gasteiger partial charge in [0.2, 0.25) is 0 Å². The lowest BCUT2D eigenvalue weighted by molar-refractivity contribution is 0.0513. The molecule has 0 fully saturated rings. The first kappa shape index (κ1) is 19.5. The molecule has 2 rings (SSSR count). The molecular weight excluding hydrogens is 322 g/mol. The van der Waals surface area contributed by atoms with Gasteiger partial charge in [0, 0.05) is 11.1 Å². The number of carbonyl (C=O) groups is 1. The molecular formula is C23H25NO2. The molecule has 0 N–H and O–H groups in total. The first-order valence-electron chi connectivity index (χ1n) is 9.32. The van der Waals surface area contributed by atoms with Crippen LogP contribution in [0.4, 0.5) is 0 Å². The van der Waals surface area contributed by atoms with Gasteiger partial charge in [-0.15, -0.1) is 0 Å². The molecule has 0 radical (unpaired) electrons. The van der Waals surface area contributed by atoms with Crippen LogP contribution in [0.25, 0.3) is 11.1 Å². The summed E-state index contributed by atoms with van der Waals surface area (Å²) in [5.41, 5.74) is 3.63. The number of hydrogen-bond acceptors (Lipinski definition) is 3. The van der Waals surface area contributed by atoms with Gasteiger partial charge in [-0.3, -0.25) is 0 Å². The van der Waals surface area contributed by atoms with Crippen LogP contribution in [0, 0.1) is 23.5 Å². The van der Waals surface area contributed by atoms with E-state index in [-0.39, 0.29) is 13.0 Å². The van der Waals surface area contributed by atoms with Crippen molar-refractivity contribution < 1.29 is 9.53 Å². The van der Waals surface area contributed by atoms with E-state index in [0.29, 0.717) is 5.56 Å². The topological polar surface area (TPSA) is 50.1 Å². The molecule has 0 saturated carbocycles. The van der Waals surface area contributed by atoms with Crippen LogP contribution >= 0.6 is 0 Å². The molecule has 0 bridgehead atoms. The molecule has 134 valence electrons. The summed E-state index contributed by atoms with van der Waals surface area (Å²) in [6, 6.07) is 19.8. The normalized spacial score (nSPS) is 10.0. The zero-order chi connectivity index (χ0) is 18.6. The van der Waals surface area contributed by atoms with Gasteiger partial charge in [-0.1, -0.05) is 56.9 Å². The van der Waals surface area contributed by atoms with Crippen LogP contribution < -0.4 is 0 Å². The maximum Gasteiger partial charge on any atom is 0.338 e. The zero-order valence-corrected chi connectivity index (χ0v) is 15.4. The largest absolute Gasteiger partial charge is 0.461 e. The van der Waals surface area contributed by atoms with E-state index in [1.807, 2.05) is 18.2 Å². The van der Waals surface area contributed by atoms with Gasteiger partial charge in [-0.2, -0.15) is 5.26 Å². The number of hydrogen-bond donors (Lipinski definition) is 0. The fourth-order valence-corrected chi connectivity index (χ4v) is 2.71. The molecule has 0 spiro atoms. The van der Waals surface area contributed by atoms with Crippen molar-refractivity contribution in [2.24, 2.45) is 0 Å². The molecule has 0 saturated heterocycles. The lowest BCUT2D eigenvalue weighted by Crippen LogP contribution is -2.05. The van der Waals surface area contributed by atoms with Crippen LogP contribution in [-0.2, 0) is 11.2 Å². The summed E-state index contributed by atoms with van der Waals surface area (Å²) in [5, 5.41) is 8.47. The standard InChI is InChI=1S/C23H25NO2/c1-2-3-4-5-6-8-19-9-11-20(12-10-19)21-13-15-22(16-14-21)23(25)26-18-7-17-24/h9,11,13-16H,2-8,18H2,1H3. The van der Waals surface area contributed by atoms with Gasteiger partial charge < -0.3 is 4.74 Å². The second-order valence-corrected chi connectivity index (χ2v) is 6.31. The minimum atomic E-state index is -0.402. The van der Waals surface area contributed by atoms with Crippen molar-refractivity contribution >= 4 is 5.97 Å². The SMILES string of the molecule is CCCCCCCc1c#cc(-c2ccc(C(=O)OCCC#N)cc2)cc1. The number of nitrogens with zero attached hydrogens (tertiary/aromatic N) is 1. The van der Waals surface area contributed by atoms with Gasteiger partial charge in [-0.05, 0) is 42.7 Å². The Morgan fingerprint density at radius 3 is 2.46 bits per heavy atom. The lowest BCUT2D eigenvalue weighted by atomic mass is 10.0. The minimum Gasteiger partial charge on any atom is -0.461 e. The predicted molar refractivity (Wildman–Crippen MR) is 103 cm³/mol. The summed E-state index contributed by atoms with van der Waals surface area (Å²) in [6.45, 7) is 2.35. The predicted octanol–water partition coefficient (Wildman–Crippen LogP) is 5.54. The van der Waals surface area contributed by atoms with Gasteiger partial charge in [0.05, 0.1) is 18.1 Å². The summed E-state index contributed by atoms with van der Waals surface area (Å²) in [6.07, 6.45) is 7.63. The maximum atomic E-state index is 11.8. The Kier molecular flexibility index (Phi) is 8.24. The smallest absolute Gasteiger partial charge is 0.338 e. The Balaban J connectivity index is 1.88. The van der Waals surface area contributed by atoms with E-state index in [1.54, 1.807) is 12.1 Å². The van der Waals surface area contributed by atoms with Gasteiger partial charge in [0.25, 0.3) is 0 Å². The molecule has 3 nitrogen and oxygen atoms in total. The zero-order valence-electron chi connectivity index (χ0n) is 15.4. The Bertz CT molecular complexity index is 711. The molecule has 0 aliphatic heterocycles. The molecule has 0 atom stereocenters. The number of aryl methyl sites for hydroxylation is 1. The Labute approximate surface area is 156 Å². The van der Waals surface area contributed by atoms with Gasteiger partial charge in [0.15, 0.2) is 0 Å². The number of benzene rings is 1. The van der Waals surface area contributed by atoms with Crippen molar-refractivity contribution in [1.82, 2.24) is 0 Å². The van der Waals surface area contributed by atoms with Crippen LogP contribution in [-0.4, -0.2) is 12.6 Å². The van der Waals surface area contributed by atoms with Crippen molar-refractivity contribution in [3.8, 4) is 17.2 Å². The quantitative estimate of drug-likeness (QED) is 0.419. The van der Waals surface area contributed by atoms with Crippen molar-refractivity contribution in [3.05, 3.63) is 59.7 Å². The second kappa shape index (κ2) is 11.0. The highest BCUT2D eigenvalue weighted by Gasteiger charge is 2.07. The fraction of sp³-hybridized carbons (Fsp3) is 0.391. The molecule has 0 amide bonds. The highest BCUT2D eigenvalue weighted by molar-refractivity contribution is 5.90. The number of rotatable bonds is 10. The van der Waals surface area contributed by atoms with E-state index in [4.69, 9.17) is 10.00 Å². The molecule has 3 heteroatoms. The van der Waals surface area contributed by atoms with Crippen LogP contribution in [0.5, 0.6) is 0 Å². The number of esters is 1. The van der Waals surface area contributed by atoms with Crippen molar-refractivity contribution in [3.63, 3.8) is 0 Å². The Morgan fingerprint density at radius 2 is 1.81 bits per heavy atom. The van der Waals surface area contributed by atoms with Gasteiger partial charge in [0.1, 0.15) is 6.61 Å². The lowest BCUT2D eigenvalue weighted by Gasteiger charge is -2.04. The van der Waals surface area contributed by atoms with Gasteiger partial charge >= 0.3 is 5.97 Å². The summed E-state index contributed by atoms with van der Waals surface area (Å²) in [7, 11) is 0. The third-order valence-electron chi connectivity index (χ3n) is 4.24. The van der Waals surface area contributed by atoms with Crippen molar-refractivity contribution in [2.45, 2.75) is 51.9 Å². The molecule has 2 aromatic carbocycles. The van der Waals surface area contributed by atoms with Crippen LogP contribution in [0.15, 0.2) is 36.4 Å². The molecule has 0 aromatic heterocycles. The van der Waals surface area contributed by atoms with E-state index in [2.05, 4.69) is 31.2 Å². The van der Waals surface area contributed by atoms with Crippen LogP contribution in [0.2, 0.25) is 0 Å². The number of ether oxygens (including phenoxy) is 1. The number of carbonyl (C=O) groups excluding carboxylic acids is 1. The summed E-state index contributed by atoms with van der Waals surface area (Å²) in [5.74, 6) is -0.402. The van der Waals surface area contributed by atoms with E-state index >= 15 is 0 Å². The Morgan fingerprint density at radius 1 is 1.04 bits per heavy atom. The molecule has 26 heavy (non-hydrogen) atoms. The first-order chi connectivity index (χ1) is 12.7. The summed E-state index contributed by atoms with van der Waals surface area (Å²) in [4.78, 5) is 11.8. The highest BCUT2D eigenvalue weighted by Crippen LogP contribution is 2.19. The van der Waals surface area contributed by atoms with E-state index in [9.17, 15) is 4.79 Å². The highest BCUT2D eigenvalue weighted by atomic mass is 16.5. The van der Waals surface area contributed by atoms with E-state index < -0.39 is 5.97 Å². The second-order valence-electron chi connectivity index (χ2n) is 6.31. The van der Waals surface area contributed by atoms with Gasteiger partial charge in [-0.25, -0.2) is 4.79 Å². The first-order valence-corrected chi connectivity index (χ1v) is 9.32. The third kappa shape index (κ3) is 6.26. The molecule has 2 aromatic rings. The van der Waals surface area contributed by atoms with Crippen LogP contribution in [0.1, 0.15) is 61.4 Å². The minimum absolute atomic E-state index is 0.125. The third-order valence-corrected chi connectivity index (χ3v) is 4.24. The van der Waals surface area contributed by atoms with Crippen molar-refractivity contribution in [1.29, 1.82) is 5.26 Å². The fourth-order valence-electron chi connectivity index (χ4n) is 2.71. The number of unbranched alkanes of at least 4 members (excludes halogenated alkanes) is 4. The maximum absolute atomic E-state index is 11.8. The molecule has 0 aliphatic rings. The van der Waals surface area contributed by atoms with Crippen molar-refractivity contribution in [2.75, 3.05) is 6.61 Å². The summed E-state index contributed by atoms with van der Waals surface area (Å²) >= 11 is 0. The summed E-state index contributed by atoms with van der Waals surface area (Å²) < 4.78 is 5.02. The average Bonchev–Trinajstić information content (AvgIpc) is 2.68. The molecule has 0 unspecified atom stereocenters. The molecule has 0 aliphatic carbocycles. The van der Waals surface area contributed by atoms with Crippen LogP contribution in [0.3, 0.4) is 0 Å².